The van der Waals surface area contributed by atoms with E-state index in [1.807, 2.05) is 54.6 Å². The van der Waals surface area contributed by atoms with E-state index in [0.717, 1.165) is 11.1 Å². The van der Waals surface area contributed by atoms with Crippen molar-refractivity contribution < 1.29 is 14.3 Å². The topological polar surface area (TPSA) is 58.6 Å². The van der Waals surface area contributed by atoms with Crippen LogP contribution in [0.4, 0.5) is 5.69 Å². The predicted molar refractivity (Wildman–Crippen MR) is 107 cm³/mol. The smallest absolute Gasteiger partial charge is 0.261 e. The molecule has 28 heavy (non-hydrogen) atoms. The van der Waals surface area contributed by atoms with Gasteiger partial charge in [-0.05, 0) is 35.9 Å². The summed E-state index contributed by atoms with van der Waals surface area (Å²) in [4.78, 5) is 26.6. The molecule has 0 atom stereocenters. The third-order valence-corrected chi connectivity index (χ3v) is 4.64. The minimum absolute atomic E-state index is 0.00948. The Bertz CT molecular complexity index is 987. The van der Waals surface area contributed by atoms with Crippen LogP contribution >= 0.6 is 0 Å². The number of benzene rings is 3. The normalized spacial score (nSPS) is 13.3. The van der Waals surface area contributed by atoms with Crippen LogP contribution < -0.4 is 10.1 Å². The molecule has 140 valence electrons. The highest BCUT2D eigenvalue weighted by atomic mass is 16.5. The highest BCUT2D eigenvalue weighted by Crippen LogP contribution is 2.27. The average Bonchev–Trinajstić information content (AvgIpc) is 2.88. The number of anilines is 1. The van der Waals surface area contributed by atoms with Gasteiger partial charge in [0.25, 0.3) is 11.8 Å². The quantitative estimate of drug-likeness (QED) is 0.757. The number of ether oxygens (including phenoxy) is 1. The zero-order chi connectivity index (χ0) is 19.3. The molecule has 0 bridgehead atoms. The molecule has 0 radical (unpaired) electrons. The van der Waals surface area contributed by atoms with Crippen molar-refractivity contribution in [3.8, 4) is 5.75 Å². The fraction of sp³-hybridized carbons (Fsp3) is 0.130. The summed E-state index contributed by atoms with van der Waals surface area (Å²) in [5.41, 5.74) is 3.19. The van der Waals surface area contributed by atoms with Gasteiger partial charge < -0.3 is 15.0 Å². The van der Waals surface area contributed by atoms with Crippen molar-refractivity contribution in [2.24, 2.45) is 0 Å². The van der Waals surface area contributed by atoms with Gasteiger partial charge in [0.2, 0.25) is 0 Å². The Balaban J connectivity index is 1.53. The lowest BCUT2D eigenvalue weighted by molar-refractivity contribution is -0.133. The van der Waals surface area contributed by atoms with E-state index in [9.17, 15) is 9.59 Å². The Morgan fingerprint density at radius 1 is 0.964 bits per heavy atom. The van der Waals surface area contributed by atoms with E-state index >= 15 is 0 Å². The Hall–Kier alpha value is -3.60. The summed E-state index contributed by atoms with van der Waals surface area (Å²) in [5, 5.41) is 2.91. The fourth-order valence-electron chi connectivity index (χ4n) is 3.19. The van der Waals surface area contributed by atoms with E-state index in [0.29, 0.717) is 30.1 Å². The highest BCUT2D eigenvalue weighted by molar-refractivity contribution is 6.04. The summed E-state index contributed by atoms with van der Waals surface area (Å²) in [6.07, 6.45) is 0. The molecule has 0 unspecified atom stereocenters. The Kier molecular flexibility index (Phi) is 5.06. The lowest BCUT2D eigenvalue weighted by Gasteiger charge is -2.20. The fourth-order valence-corrected chi connectivity index (χ4v) is 3.19. The SMILES string of the molecule is O=C(Nc1ccc2c(c1)CN(Cc1ccccc1)C(=O)CO2)c1ccccc1. The molecule has 5 nitrogen and oxygen atoms in total. The van der Waals surface area contributed by atoms with Crippen molar-refractivity contribution in [3.05, 3.63) is 95.6 Å². The number of rotatable bonds is 4. The molecular weight excluding hydrogens is 352 g/mol. The van der Waals surface area contributed by atoms with Crippen LogP contribution in [0.5, 0.6) is 5.75 Å². The first kappa shape index (κ1) is 17.8. The number of nitrogens with one attached hydrogen (secondary N) is 1. The number of nitrogens with zero attached hydrogens (tertiary/aromatic N) is 1. The Labute approximate surface area is 163 Å². The molecule has 0 aromatic heterocycles. The summed E-state index contributed by atoms with van der Waals surface area (Å²) in [6.45, 7) is 0.955. The van der Waals surface area contributed by atoms with Crippen molar-refractivity contribution in [3.63, 3.8) is 0 Å². The van der Waals surface area contributed by atoms with Gasteiger partial charge in [0.05, 0.1) is 0 Å². The molecular formula is C23H20N2O3. The second-order valence-corrected chi connectivity index (χ2v) is 6.67. The van der Waals surface area contributed by atoms with Crippen molar-refractivity contribution in [1.29, 1.82) is 0 Å². The Morgan fingerprint density at radius 2 is 1.68 bits per heavy atom. The van der Waals surface area contributed by atoms with Crippen molar-refractivity contribution in [2.45, 2.75) is 13.1 Å². The third kappa shape index (κ3) is 4.04. The zero-order valence-corrected chi connectivity index (χ0v) is 15.3. The summed E-state index contributed by atoms with van der Waals surface area (Å²) in [6, 6.07) is 24.4. The van der Waals surface area contributed by atoms with Gasteiger partial charge in [-0.25, -0.2) is 0 Å². The molecule has 1 N–H and O–H groups in total. The van der Waals surface area contributed by atoms with Crippen LogP contribution in [0.25, 0.3) is 0 Å². The van der Waals surface area contributed by atoms with Gasteiger partial charge in [-0.15, -0.1) is 0 Å². The van der Waals surface area contributed by atoms with Crippen molar-refractivity contribution in [1.82, 2.24) is 4.90 Å². The van der Waals surface area contributed by atoms with Crippen LogP contribution in [0, 0.1) is 0 Å². The average molecular weight is 372 g/mol. The highest BCUT2D eigenvalue weighted by Gasteiger charge is 2.22. The molecule has 1 aliphatic heterocycles. The van der Waals surface area contributed by atoms with Gasteiger partial charge >= 0.3 is 0 Å². The Morgan fingerprint density at radius 3 is 2.43 bits per heavy atom. The number of hydrogen-bond donors (Lipinski definition) is 1. The molecule has 4 rings (SSSR count). The number of carbonyl (C=O) groups is 2. The van der Waals surface area contributed by atoms with Crippen LogP contribution in [0.3, 0.4) is 0 Å². The second kappa shape index (κ2) is 7.96. The van der Waals surface area contributed by atoms with Crippen molar-refractivity contribution >= 4 is 17.5 Å². The molecule has 0 aliphatic carbocycles. The largest absolute Gasteiger partial charge is 0.483 e. The number of carbonyl (C=O) groups excluding carboxylic acids is 2. The van der Waals surface area contributed by atoms with Crippen LogP contribution in [-0.4, -0.2) is 23.3 Å². The van der Waals surface area contributed by atoms with E-state index in [1.165, 1.54) is 0 Å². The first-order valence-electron chi connectivity index (χ1n) is 9.13. The number of fused-ring (bicyclic) bond motifs is 1. The van der Waals surface area contributed by atoms with Gasteiger partial charge in [0.15, 0.2) is 6.61 Å². The third-order valence-electron chi connectivity index (χ3n) is 4.64. The van der Waals surface area contributed by atoms with Gasteiger partial charge in [-0.3, -0.25) is 9.59 Å². The maximum atomic E-state index is 12.5. The van der Waals surface area contributed by atoms with E-state index in [4.69, 9.17) is 4.74 Å². The monoisotopic (exact) mass is 372 g/mol. The molecule has 1 aliphatic rings. The van der Waals surface area contributed by atoms with E-state index in [2.05, 4.69) is 5.32 Å². The molecule has 3 aromatic carbocycles. The molecule has 0 saturated heterocycles. The van der Waals surface area contributed by atoms with E-state index in [1.54, 1.807) is 29.2 Å². The molecule has 0 saturated carbocycles. The maximum Gasteiger partial charge on any atom is 0.261 e. The lowest BCUT2D eigenvalue weighted by Crippen LogP contribution is -2.31. The summed E-state index contributed by atoms with van der Waals surface area (Å²) in [7, 11) is 0. The van der Waals surface area contributed by atoms with E-state index in [-0.39, 0.29) is 18.4 Å². The summed E-state index contributed by atoms with van der Waals surface area (Å²) >= 11 is 0. The molecule has 0 fully saturated rings. The van der Waals surface area contributed by atoms with Crippen molar-refractivity contribution in [2.75, 3.05) is 11.9 Å². The van der Waals surface area contributed by atoms with Crippen LogP contribution in [0.1, 0.15) is 21.5 Å². The molecule has 5 heteroatoms. The van der Waals surface area contributed by atoms with Gasteiger partial charge in [-0.1, -0.05) is 48.5 Å². The standard InChI is InChI=1S/C23H20N2O3/c26-22-16-28-21-12-11-20(24-23(27)18-9-5-2-6-10-18)13-19(21)15-25(22)14-17-7-3-1-4-8-17/h1-13H,14-16H2,(H,24,27). The first-order valence-corrected chi connectivity index (χ1v) is 9.13. The van der Waals surface area contributed by atoms with Gasteiger partial charge in [0, 0.05) is 29.9 Å². The second-order valence-electron chi connectivity index (χ2n) is 6.67. The molecule has 0 spiro atoms. The minimum Gasteiger partial charge on any atom is -0.483 e. The zero-order valence-electron chi connectivity index (χ0n) is 15.3. The maximum absolute atomic E-state index is 12.5. The van der Waals surface area contributed by atoms with Crippen LogP contribution in [-0.2, 0) is 17.9 Å². The molecule has 2 amide bonds. The van der Waals surface area contributed by atoms with Gasteiger partial charge in [-0.2, -0.15) is 0 Å². The van der Waals surface area contributed by atoms with Crippen LogP contribution in [0.15, 0.2) is 78.9 Å². The number of amides is 2. The van der Waals surface area contributed by atoms with Crippen LogP contribution in [0.2, 0.25) is 0 Å². The summed E-state index contributed by atoms with van der Waals surface area (Å²) in [5.74, 6) is 0.434. The lowest BCUT2D eigenvalue weighted by atomic mass is 10.1. The van der Waals surface area contributed by atoms with Gasteiger partial charge in [0.1, 0.15) is 5.75 Å². The van der Waals surface area contributed by atoms with E-state index < -0.39 is 0 Å². The predicted octanol–water partition coefficient (Wildman–Crippen LogP) is 3.86. The minimum atomic E-state index is -0.174. The number of hydrogen-bond acceptors (Lipinski definition) is 3. The molecule has 3 aromatic rings. The molecule has 1 heterocycles. The first-order chi connectivity index (χ1) is 13.7. The summed E-state index contributed by atoms with van der Waals surface area (Å²) < 4.78 is 5.67.